The molecule has 2 saturated heterocycles. The number of hydrogen-bond acceptors (Lipinski definition) is 3. The van der Waals surface area contributed by atoms with Gasteiger partial charge in [0.1, 0.15) is 0 Å². The fourth-order valence-electron chi connectivity index (χ4n) is 3.23. The van der Waals surface area contributed by atoms with Crippen molar-refractivity contribution >= 4 is 12.0 Å². The van der Waals surface area contributed by atoms with Gasteiger partial charge in [0.2, 0.25) is 0 Å². The van der Waals surface area contributed by atoms with E-state index in [1.807, 2.05) is 6.92 Å². The molecule has 0 aliphatic carbocycles. The van der Waals surface area contributed by atoms with Gasteiger partial charge in [0.25, 0.3) is 0 Å². The second kappa shape index (κ2) is 7.64. The molecule has 6 nitrogen and oxygen atoms in total. The Morgan fingerprint density at radius 3 is 2.67 bits per heavy atom. The van der Waals surface area contributed by atoms with E-state index in [9.17, 15) is 9.59 Å². The zero-order valence-corrected chi connectivity index (χ0v) is 12.7. The van der Waals surface area contributed by atoms with Gasteiger partial charge in [0, 0.05) is 32.8 Å². The van der Waals surface area contributed by atoms with E-state index in [2.05, 4.69) is 5.32 Å². The molecule has 2 N–H and O–H groups in total. The molecule has 0 spiro atoms. The zero-order chi connectivity index (χ0) is 15.2. The van der Waals surface area contributed by atoms with Crippen LogP contribution < -0.4 is 5.32 Å². The van der Waals surface area contributed by atoms with Gasteiger partial charge in [-0.25, -0.2) is 4.79 Å². The Morgan fingerprint density at radius 1 is 1.29 bits per heavy atom. The quantitative estimate of drug-likeness (QED) is 0.825. The first-order valence-corrected chi connectivity index (χ1v) is 7.89. The summed E-state index contributed by atoms with van der Waals surface area (Å²) in [6.07, 6.45) is 3.76. The second-order valence-corrected chi connectivity index (χ2v) is 6.36. The van der Waals surface area contributed by atoms with Crippen molar-refractivity contribution in [2.24, 2.45) is 17.8 Å². The maximum atomic E-state index is 12.2. The molecule has 0 radical (unpaired) electrons. The average Bonchev–Trinajstić information content (AvgIpc) is 2.47. The molecule has 0 aromatic heterocycles. The SMILES string of the molecule is CC1CC(C(=O)O)CN(C(=O)NCCC2CCOCC2)C1. The number of piperidine rings is 1. The number of amides is 2. The minimum Gasteiger partial charge on any atom is -0.481 e. The van der Waals surface area contributed by atoms with Gasteiger partial charge in [0.15, 0.2) is 0 Å². The molecular weight excluding hydrogens is 272 g/mol. The lowest BCUT2D eigenvalue weighted by molar-refractivity contribution is -0.143. The van der Waals surface area contributed by atoms with E-state index in [-0.39, 0.29) is 11.9 Å². The number of rotatable bonds is 4. The van der Waals surface area contributed by atoms with Gasteiger partial charge in [-0.1, -0.05) is 6.92 Å². The topological polar surface area (TPSA) is 78.9 Å². The van der Waals surface area contributed by atoms with Gasteiger partial charge >= 0.3 is 12.0 Å². The first-order valence-electron chi connectivity index (χ1n) is 7.89. The fourth-order valence-corrected chi connectivity index (χ4v) is 3.23. The summed E-state index contributed by atoms with van der Waals surface area (Å²) in [7, 11) is 0. The van der Waals surface area contributed by atoms with Crippen molar-refractivity contribution in [1.82, 2.24) is 10.2 Å². The highest BCUT2D eigenvalue weighted by Crippen LogP contribution is 2.22. The number of carboxylic acid groups (broad SMARTS) is 1. The highest BCUT2D eigenvalue weighted by Gasteiger charge is 2.31. The van der Waals surface area contributed by atoms with Crippen LogP contribution in [0.1, 0.15) is 32.6 Å². The predicted octanol–water partition coefficient (Wildman–Crippen LogP) is 1.56. The van der Waals surface area contributed by atoms with Crippen LogP contribution in [0.5, 0.6) is 0 Å². The smallest absolute Gasteiger partial charge is 0.317 e. The molecule has 120 valence electrons. The third-order valence-electron chi connectivity index (χ3n) is 4.47. The lowest BCUT2D eigenvalue weighted by atomic mass is 9.91. The Balaban J connectivity index is 1.72. The molecule has 0 bridgehead atoms. The van der Waals surface area contributed by atoms with Crippen molar-refractivity contribution in [3.8, 4) is 0 Å². The minimum absolute atomic E-state index is 0.125. The number of nitrogens with zero attached hydrogens (tertiary/aromatic N) is 1. The summed E-state index contributed by atoms with van der Waals surface area (Å²) in [5.74, 6) is -0.372. The Morgan fingerprint density at radius 2 is 2.00 bits per heavy atom. The number of urea groups is 1. The third kappa shape index (κ3) is 4.88. The molecule has 6 heteroatoms. The maximum Gasteiger partial charge on any atom is 0.317 e. The molecule has 2 fully saturated rings. The highest BCUT2D eigenvalue weighted by atomic mass is 16.5. The molecule has 2 atom stereocenters. The van der Waals surface area contributed by atoms with Crippen LogP contribution in [-0.4, -0.2) is 54.9 Å². The summed E-state index contributed by atoms with van der Waals surface area (Å²) in [6.45, 7) is 5.27. The minimum atomic E-state index is -0.804. The van der Waals surface area contributed by atoms with Crippen LogP contribution >= 0.6 is 0 Å². The molecular formula is C15H26N2O4. The highest BCUT2D eigenvalue weighted by molar-refractivity contribution is 5.76. The molecule has 0 saturated carbocycles. The van der Waals surface area contributed by atoms with E-state index < -0.39 is 11.9 Å². The summed E-state index contributed by atoms with van der Waals surface area (Å²) in [6, 6.07) is -0.125. The summed E-state index contributed by atoms with van der Waals surface area (Å²) in [5, 5.41) is 12.1. The van der Waals surface area contributed by atoms with Crippen LogP contribution in [0.15, 0.2) is 0 Å². The normalized spacial score (nSPS) is 27.4. The van der Waals surface area contributed by atoms with E-state index in [0.717, 1.165) is 32.5 Å². The Labute approximate surface area is 125 Å². The Bertz CT molecular complexity index is 369. The van der Waals surface area contributed by atoms with E-state index in [1.54, 1.807) is 4.90 Å². The van der Waals surface area contributed by atoms with Gasteiger partial charge in [0.05, 0.1) is 5.92 Å². The number of carboxylic acids is 1. The number of hydrogen-bond donors (Lipinski definition) is 2. The largest absolute Gasteiger partial charge is 0.481 e. The van der Waals surface area contributed by atoms with E-state index in [0.29, 0.717) is 32.0 Å². The summed E-state index contributed by atoms with van der Waals surface area (Å²) in [5.41, 5.74) is 0. The number of nitrogens with one attached hydrogen (secondary N) is 1. The molecule has 21 heavy (non-hydrogen) atoms. The van der Waals surface area contributed by atoms with Gasteiger partial charge in [-0.05, 0) is 37.5 Å². The van der Waals surface area contributed by atoms with Gasteiger partial charge in [-0.3, -0.25) is 4.79 Å². The predicted molar refractivity (Wildman–Crippen MR) is 78.0 cm³/mol. The van der Waals surface area contributed by atoms with E-state index in [1.165, 1.54) is 0 Å². The second-order valence-electron chi connectivity index (χ2n) is 6.36. The summed E-state index contributed by atoms with van der Waals surface area (Å²) < 4.78 is 5.32. The van der Waals surface area contributed by atoms with Crippen molar-refractivity contribution in [2.45, 2.75) is 32.6 Å². The molecule has 2 unspecified atom stereocenters. The number of carbonyl (C=O) groups is 2. The molecule has 2 rings (SSSR count). The first-order chi connectivity index (χ1) is 10.1. The van der Waals surface area contributed by atoms with Crippen LogP contribution in [-0.2, 0) is 9.53 Å². The van der Waals surface area contributed by atoms with E-state index >= 15 is 0 Å². The van der Waals surface area contributed by atoms with Crippen molar-refractivity contribution < 1.29 is 19.4 Å². The van der Waals surface area contributed by atoms with Gasteiger partial charge in [-0.2, -0.15) is 0 Å². The van der Waals surface area contributed by atoms with Crippen molar-refractivity contribution in [3.05, 3.63) is 0 Å². The molecule has 2 heterocycles. The van der Waals surface area contributed by atoms with Gasteiger partial charge < -0.3 is 20.1 Å². The number of aliphatic carboxylic acids is 1. The summed E-state index contributed by atoms with van der Waals surface area (Å²) >= 11 is 0. The van der Waals surface area contributed by atoms with Crippen molar-refractivity contribution in [3.63, 3.8) is 0 Å². The van der Waals surface area contributed by atoms with Gasteiger partial charge in [-0.15, -0.1) is 0 Å². The summed E-state index contributed by atoms with van der Waals surface area (Å²) in [4.78, 5) is 24.9. The maximum absolute atomic E-state index is 12.2. The van der Waals surface area contributed by atoms with Crippen LogP contribution in [0.2, 0.25) is 0 Å². The molecule has 0 aromatic carbocycles. The van der Waals surface area contributed by atoms with Crippen LogP contribution in [0, 0.1) is 17.8 Å². The standard InChI is InChI=1S/C15H26N2O4/c1-11-8-13(14(18)19)10-17(9-11)15(20)16-5-2-12-3-6-21-7-4-12/h11-13H,2-10H2,1H3,(H,16,20)(H,18,19). The van der Waals surface area contributed by atoms with E-state index in [4.69, 9.17) is 9.84 Å². The Kier molecular flexibility index (Phi) is 5.85. The Hall–Kier alpha value is -1.30. The monoisotopic (exact) mass is 298 g/mol. The molecule has 0 aromatic rings. The molecule has 2 aliphatic rings. The zero-order valence-electron chi connectivity index (χ0n) is 12.7. The lowest BCUT2D eigenvalue weighted by Gasteiger charge is -2.34. The molecule has 2 amide bonds. The van der Waals surface area contributed by atoms with Crippen LogP contribution in [0.4, 0.5) is 4.79 Å². The number of likely N-dealkylation sites (tertiary alicyclic amines) is 1. The van der Waals surface area contributed by atoms with Crippen LogP contribution in [0.3, 0.4) is 0 Å². The van der Waals surface area contributed by atoms with Crippen LogP contribution in [0.25, 0.3) is 0 Å². The fraction of sp³-hybridized carbons (Fsp3) is 0.867. The third-order valence-corrected chi connectivity index (χ3v) is 4.47. The van der Waals surface area contributed by atoms with Crippen molar-refractivity contribution in [1.29, 1.82) is 0 Å². The average molecular weight is 298 g/mol. The number of ether oxygens (including phenoxy) is 1. The van der Waals surface area contributed by atoms with Crippen molar-refractivity contribution in [2.75, 3.05) is 32.8 Å². The lowest BCUT2D eigenvalue weighted by Crippen LogP contribution is -2.49. The number of carbonyl (C=O) groups excluding carboxylic acids is 1. The first kappa shape index (κ1) is 16.1. The molecule has 2 aliphatic heterocycles.